The number of Topliss-reactive ketones (excluding diaryl/α,β-unsaturated/α-hetero) is 1. The summed E-state index contributed by atoms with van der Waals surface area (Å²) in [6, 6.07) is 8.03. The number of aliphatic imine (C=N–C) groups is 1. The van der Waals surface area contributed by atoms with Gasteiger partial charge in [-0.1, -0.05) is 17.8 Å². The number of benzene rings is 1. The molecule has 0 radical (unpaired) electrons. The molecule has 0 spiro atoms. The topological polar surface area (TPSA) is 77.6 Å². The molecule has 1 aromatic carbocycles. The first-order valence-electron chi connectivity index (χ1n) is 8.21. The SMILES string of the molecule is COc1ccc(C(=O)Cc2ccc(F)c([C@]3(C)CCSC(N)=N3)c2)nc1. The average Bonchev–Trinajstić information content (AvgIpc) is 2.63. The minimum Gasteiger partial charge on any atom is -0.495 e. The molecule has 0 bridgehead atoms. The summed E-state index contributed by atoms with van der Waals surface area (Å²) in [6.07, 6.45) is 2.32. The highest BCUT2D eigenvalue weighted by atomic mass is 32.2. The van der Waals surface area contributed by atoms with E-state index in [4.69, 9.17) is 10.5 Å². The zero-order valence-electron chi connectivity index (χ0n) is 14.7. The molecule has 7 heteroatoms. The fourth-order valence-corrected chi connectivity index (χ4v) is 3.89. The Kier molecular flexibility index (Phi) is 5.27. The van der Waals surface area contributed by atoms with E-state index in [2.05, 4.69) is 9.98 Å². The van der Waals surface area contributed by atoms with Crippen LogP contribution in [0.15, 0.2) is 41.5 Å². The second-order valence-electron chi connectivity index (χ2n) is 6.32. The van der Waals surface area contributed by atoms with Crippen LogP contribution in [0.3, 0.4) is 0 Å². The normalized spacial score (nSPS) is 19.7. The van der Waals surface area contributed by atoms with Gasteiger partial charge in [-0.05, 0) is 43.2 Å². The largest absolute Gasteiger partial charge is 0.495 e. The van der Waals surface area contributed by atoms with Crippen molar-refractivity contribution in [2.75, 3.05) is 12.9 Å². The Morgan fingerprint density at radius 3 is 2.85 bits per heavy atom. The van der Waals surface area contributed by atoms with Crippen LogP contribution in [0.2, 0.25) is 0 Å². The number of ketones is 1. The number of pyridine rings is 1. The number of thioether (sulfide) groups is 1. The second-order valence-corrected chi connectivity index (χ2v) is 7.43. The summed E-state index contributed by atoms with van der Waals surface area (Å²) in [5.74, 6) is 0.890. The van der Waals surface area contributed by atoms with Crippen LogP contribution >= 0.6 is 11.8 Å². The Balaban J connectivity index is 1.85. The van der Waals surface area contributed by atoms with Gasteiger partial charge in [0, 0.05) is 17.7 Å². The van der Waals surface area contributed by atoms with E-state index in [1.54, 1.807) is 24.3 Å². The summed E-state index contributed by atoms with van der Waals surface area (Å²) in [6.45, 7) is 1.87. The zero-order valence-corrected chi connectivity index (χ0v) is 15.5. The Morgan fingerprint density at radius 2 is 2.19 bits per heavy atom. The van der Waals surface area contributed by atoms with E-state index in [0.717, 1.165) is 11.3 Å². The number of hydrogen-bond donors (Lipinski definition) is 1. The molecule has 26 heavy (non-hydrogen) atoms. The van der Waals surface area contributed by atoms with Crippen molar-refractivity contribution >= 4 is 22.7 Å². The molecule has 0 fully saturated rings. The van der Waals surface area contributed by atoms with Crippen LogP contribution in [0.25, 0.3) is 0 Å². The van der Waals surface area contributed by atoms with E-state index in [-0.39, 0.29) is 18.0 Å². The molecule has 2 N–H and O–H groups in total. The zero-order chi connectivity index (χ0) is 18.7. The third kappa shape index (κ3) is 3.88. The molecule has 2 aromatic rings. The molecule has 0 saturated carbocycles. The van der Waals surface area contributed by atoms with Crippen LogP contribution in [0, 0.1) is 5.82 Å². The van der Waals surface area contributed by atoms with Crippen molar-refractivity contribution in [3.8, 4) is 5.75 Å². The van der Waals surface area contributed by atoms with E-state index in [1.807, 2.05) is 6.92 Å². The number of methoxy groups -OCH3 is 1. The molecule has 1 atom stereocenters. The Labute approximate surface area is 155 Å². The van der Waals surface area contributed by atoms with E-state index in [1.165, 1.54) is 31.1 Å². The molecule has 2 heterocycles. The summed E-state index contributed by atoms with van der Waals surface area (Å²) in [5.41, 5.74) is 6.66. The van der Waals surface area contributed by atoms with Crippen LogP contribution in [-0.4, -0.2) is 28.8 Å². The molecule has 1 aromatic heterocycles. The number of nitrogens with two attached hydrogens (primary N) is 1. The minimum absolute atomic E-state index is 0.136. The molecular weight excluding hydrogens is 353 g/mol. The summed E-state index contributed by atoms with van der Waals surface area (Å²) in [5, 5.41) is 0.460. The van der Waals surface area contributed by atoms with Gasteiger partial charge in [-0.25, -0.2) is 9.37 Å². The molecule has 3 rings (SSSR count). The number of amidine groups is 1. The highest BCUT2D eigenvalue weighted by Crippen LogP contribution is 2.36. The third-order valence-electron chi connectivity index (χ3n) is 4.43. The van der Waals surface area contributed by atoms with E-state index in [0.29, 0.717) is 28.6 Å². The van der Waals surface area contributed by atoms with Crippen molar-refractivity contribution in [2.45, 2.75) is 25.3 Å². The van der Waals surface area contributed by atoms with Gasteiger partial charge in [-0.15, -0.1) is 0 Å². The molecule has 0 amide bonds. The monoisotopic (exact) mass is 373 g/mol. The molecule has 0 saturated heterocycles. The fourth-order valence-electron chi connectivity index (χ4n) is 2.92. The lowest BCUT2D eigenvalue weighted by Gasteiger charge is -2.30. The highest BCUT2D eigenvalue weighted by molar-refractivity contribution is 8.13. The van der Waals surface area contributed by atoms with E-state index >= 15 is 0 Å². The number of carbonyl (C=O) groups excluding carboxylic acids is 1. The number of halogens is 1. The first-order valence-corrected chi connectivity index (χ1v) is 9.20. The van der Waals surface area contributed by atoms with Crippen molar-refractivity contribution in [2.24, 2.45) is 10.7 Å². The smallest absolute Gasteiger partial charge is 0.185 e. The summed E-state index contributed by atoms with van der Waals surface area (Å²) >= 11 is 1.47. The lowest BCUT2D eigenvalue weighted by Crippen LogP contribution is -2.29. The number of ether oxygens (including phenoxy) is 1. The lowest BCUT2D eigenvalue weighted by atomic mass is 9.87. The van der Waals surface area contributed by atoms with Gasteiger partial charge in [0.1, 0.15) is 17.3 Å². The van der Waals surface area contributed by atoms with Crippen molar-refractivity contribution < 1.29 is 13.9 Å². The van der Waals surface area contributed by atoms with Crippen LogP contribution in [0.4, 0.5) is 4.39 Å². The van der Waals surface area contributed by atoms with E-state index < -0.39 is 5.54 Å². The van der Waals surface area contributed by atoms with Gasteiger partial charge >= 0.3 is 0 Å². The van der Waals surface area contributed by atoms with Crippen LogP contribution in [0.1, 0.15) is 35.0 Å². The van der Waals surface area contributed by atoms with Gasteiger partial charge < -0.3 is 10.5 Å². The Hall–Kier alpha value is -2.41. The summed E-state index contributed by atoms with van der Waals surface area (Å²) in [7, 11) is 1.54. The van der Waals surface area contributed by atoms with Crippen LogP contribution in [0.5, 0.6) is 5.75 Å². The third-order valence-corrected chi connectivity index (χ3v) is 5.22. The maximum Gasteiger partial charge on any atom is 0.185 e. The van der Waals surface area contributed by atoms with Gasteiger partial charge in [0.25, 0.3) is 0 Å². The quantitative estimate of drug-likeness (QED) is 0.814. The lowest BCUT2D eigenvalue weighted by molar-refractivity contribution is 0.0988. The number of rotatable bonds is 5. The molecule has 0 unspecified atom stereocenters. The number of carbonyl (C=O) groups is 1. The number of nitrogens with zero attached hydrogens (tertiary/aromatic N) is 2. The number of aromatic nitrogens is 1. The van der Waals surface area contributed by atoms with Gasteiger partial charge in [0.05, 0.1) is 18.8 Å². The average molecular weight is 373 g/mol. The highest BCUT2D eigenvalue weighted by Gasteiger charge is 2.32. The fraction of sp³-hybridized carbons (Fsp3) is 0.316. The van der Waals surface area contributed by atoms with E-state index in [9.17, 15) is 9.18 Å². The van der Waals surface area contributed by atoms with Crippen molar-refractivity contribution in [1.29, 1.82) is 0 Å². The molecule has 1 aliphatic rings. The van der Waals surface area contributed by atoms with Gasteiger partial charge in [0.15, 0.2) is 11.0 Å². The molecule has 1 aliphatic heterocycles. The molecule has 5 nitrogen and oxygen atoms in total. The van der Waals surface area contributed by atoms with Crippen molar-refractivity contribution in [1.82, 2.24) is 4.98 Å². The minimum atomic E-state index is -0.711. The maximum atomic E-state index is 14.4. The van der Waals surface area contributed by atoms with Crippen molar-refractivity contribution in [3.63, 3.8) is 0 Å². The maximum absolute atomic E-state index is 14.4. The summed E-state index contributed by atoms with van der Waals surface area (Å²) < 4.78 is 19.5. The second kappa shape index (κ2) is 7.45. The standard InChI is InChI=1S/C19H20FN3O2S/c1-19(7-8-26-18(21)23-19)14-9-12(3-5-15(14)20)10-17(24)16-6-4-13(25-2)11-22-16/h3-6,9,11H,7-8,10H2,1-2H3,(H2,21,23)/t19-/m0/s1. The predicted molar refractivity (Wildman–Crippen MR) is 101 cm³/mol. The van der Waals surface area contributed by atoms with Gasteiger partial charge in [-0.2, -0.15) is 0 Å². The Morgan fingerprint density at radius 1 is 1.38 bits per heavy atom. The Bertz CT molecular complexity index is 854. The van der Waals surface area contributed by atoms with Gasteiger partial charge in [-0.3, -0.25) is 9.79 Å². The first-order chi connectivity index (χ1) is 12.4. The molecule has 0 aliphatic carbocycles. The van der Waals surface area contributed by atoms with Crippen molar-refractivity contribution in [3.05, 3.63) is 59.2 Å². The first kappa shape index (κ1) is 18.4. The number of hydrogen-bond acceptors (Lipinski definition) is 6. The predicted octanol–water partition coefficient (Wildman–Crippen LogP) is 3.32. The van der Waals surface area contributed by atoms with Crippen LogP contribution in [-0.2, 0) is 12.0 Å². The summed E-state index contributed by atoms with van der Waals surface area (Å²) in [4.78, 5) is 21.0. The molecule has 136 valence electrons. The molecular formula is C19H20FN3O2S. The van der Waals surface area contributed by atoms with Crippen LogP contribution < -0.4 is 10.5 Å². The van der Waals surface area contributed by atoms with Gasteiger partial charge in [0.2, 0.25) is 0 Å².